The predicted octanol–water partition coefficient (Wildman–Crippen LogP) is 0.798. The SMILES string of the molecule is Nc1ncc(F)c(NCc2ccno2)n1. The monoisotopic (exact) mass is 209 g/mol. The van der Waals surface area contributed by atoms with Crippen LogP contribution >= 0.6 is 0 Å². The fourth-order valence-electron chi connectivity index (χ4n) is 1.01. The number of nitrogens with one attached hydrogen (secondary N) is 1. The van der Waals surface area contributed by atoms with Crippen LogP contribution in [-0.2, 0) is 6.54 Å². The standard InChI is InChI=1S/C8H8FN5O/c9-6-4-12-8(10)14-7(6)11-3-5-1-2-13-15-5/h1-2,4H,3H2,(H3,10,11,12,14). The largest absolute Gasteiger partial charge is 0.368 e. The molecule has 2 aromatic heterocycles. The zero-order chi connectivity index (χ0) is 10.7. The van der Waals surface area contributed by atoms with E-state index in [1.165, 1.54) is 6.20 Å². The summed E-state index contributed by atoms with van der Waals surface area (Å²) < 4.78 is 17.9. The van der Waals surface area contributed by atoms with Crippen molar-refractivity contribution < 1.29 is 8.91 Å². The van der Waals surface area contributed by atoms with E-state index in [0.29, 0.717) is 5.76 Å². The molecule has 0 aromatic carbocycles. The molecule has 3 N–H and O–H groups in total. The van der Waals surface area contributed by atoms with Gasteiger partial charge in [-0.15, -0.1) is 0 Å². The van der Waals surface area contributed by atoms with Gasteiger partial charge in [-0.3, -0.25) is 0 Å². The number of rotatable bonds is 3. The molecule has 0 spiro atoms. The van der Waals surface area contributed by atoms with E-state index in [1.807, 2.05) is 0 Å². The molecule has 15 heavy (non-hydrogen) atoms. The maximum atomic E-state index is 13.1. The van der Waals surface area contributed by atoms with Crippen LogP contribution in [0, 0.1) is 5.82 Å². The van der Waals surface area contributed by atoms with Gasteiger partial charge >= 0.3 is 0 Å². The van der Waals surface area contributed by atoms with E-state index in [9.17, 15) is 4.39 Å². The Morgan fingerprint density at radius 2 is 2.40 bits per heavy atom. The lowest BCUT2D eigenvalue weighted by Gasteiger charge is -2.03. The molecule has 0 saturated heterocycles. The van der Waals surface area contributed by atoms with E-state index in [0.717, 1.165) is 6.20 Å². The molecule has 2 aromatic rings. The van der Waals surface area contributed by atoms with Gasteiger partial charge in [0.2, 0.25) is 5.95 Å². The van der Waals surface area contributed by atoms with Gasteiger partial charge in [0.05, 0.1) is 18.9 Å². The molecule has 0 amide bonds. The fourth-order valence-corrected chi connectivity index (χ4v) is 1.01. The molecule has 78 valence electrons. The van der Waals surface area contributed by atoms with Gasteiger partial charge < -0.3 is 15.6 Å². The van der Waals surface area contributed by atoms with Gasteiger partial charge in [-0.1, -0.05) is 5.16 Å². The van der Waals surface area contributed by atoms with Crippen molar-refractivity contribution in [3.8, 4) is 0 Å². The molecule has 0 saturated carbocycles. The first kappa shape index (κ1) is 9.38. The van der Waals surface area contributed by atoms with E-state index in [2.05, 4.69) is 20.4 Å². The van der Waals surface area contributed by atoms with Gasteiger partial charge in [0.25, 0.3) is 0 Å². The zero-order valence-corrected chi connectivity index (χ0v) is 7.64. The van der Waals surface area contributed by atoms with Crippen LogP contribution in [-0.4, -0.2) is 15.1 Å². The van der Waals surface area contributed by atoms with Crippen molar-refractivity contribution in [2.75, 3.05) is 11.1 Å². The Labute approximate surface area is 84.3 Å². The summed E-state index contributed by atoms with van der Waals surface area (Å²) in [4.78, 5) is 7.19. The molecule has 6 nitrogen and oxygen atoms in total. The van der Waals surface area contributed by atoms with E-state index in [-0.39, 0.29) is 18.3 Å². The molecule has 7 heteroatoms. The lowest BCUT2D eigenvalue weighted by atomic mass is 10.4. The maximum absolute atomic E-state index is 13.1. The Morgan fingerprint density at radius 3 is 3.13 bits per heavy atom. The normalized spacial score (nSPS) is 10.2. The second-order valence-corrected chi connectivity index (χ2v) is 2.76. The van der Waals surface area contributed by atoms with Gasteiger partial charge in [0, 0.05) is 6.07 Å². The average Bonchev–Trinajstić information content (AvgIpc) is 2.72. The van der Waals surface area contributed by atoms with E-state index < -0.39 is 5.82 Å². The Bertz CT molecular complexity index is 444. The van der Waals surface area contributed by atoms with Gasteiger partial charge in [-0.2, -0.15) is 4.98 Å². The highest BCUT2D eigenvalue weighted by Gasteiger charge is 2.05. The Kier molecular flexibility index (Phi) is 2.44. The highest BCUT2D eigenvalue weighted by Crippen LogP contribution is 2.11. The summed E-state index contributed by atoms with van der Waals surface area (Å²) in [5.74, 6) is 0.0608. The van der Waals surface area contributed by atoms with Crippen LogP contribution in [0.3, 0.4) is 0 Å². The summed E-state index contributed by atoms with van der Waals surface area (Å²) in [5, 5.41) is 6.22. The van der Waals surface area contributed by atoms with Crippen molar-refractivity contribution in [2.24, 2.45) is 0 Å². The second kappa shape index (κ2) is 3.91. The highest BCUT2D eigenvalue weighted by atomic mass is 19.1. The van der Waals surface area contributed by atoms with Gasteiger partial charge in [0.1, 0.15) is 0 Å². The number of hydrogen-bond acceptors (Lipinski definition) is 6. The Morgan fingerprint density at radius 1 is 1.53 bits per heavy atom. The van der Waals surface area contributed by atoms with Crippen LogP contribution in [0.15, 0.2) is 23.0 Å². The molecule has 0 unspecified atom stereocenters. The summed E-state index contributed by atoms with van der Waals surface area (Å²) >= 11 is 0. The molecule has 2 heterocycles. The summed E-state index contributed by atoms with van der Waals surface area (Å²) in [6.45, 7) is 0.285. The third-order valence-corrected chi connectivity index (χ3v) is 1.68. The molecule has 0 fully saturated rings. The second-order valence-electron chi connectivity index (χ2n) is 2.76. The van der Waals surface area contributed by atoms with Gasteiger partial charge in [-0.25, -0.2) is 9.37 Å². The van der Waals surface area contributed by atoms with Crippen LogP contribution in [0.25, 0.3) is 0 Å². The van der Waals surface area contributed by atoms with Crippen molar-refractivity contribution in [3.05, 3.63) is 30.0 Å². The van der Waals surface area contributed by atoms with Crippen LogP contribution in [0.4, 0.5) is 16.2 Å². The van der Waals surface area contributed by atoms with E-state index >= 15 is 0 Å². The number of nitrogens with two attached hydrogens (primary N) is 1. The van der Waals surface area contributed by atoms with Crippen molar-refractivity contribution in [1.82, 2.24) is 15.1 Å². The Balaban J connectivity index is 2.07. The number of hydrogen-bond donors (Lipinski definition) is 2. The molecule has 0 bridgehead atoms. The smallest absolute Gasteiger partial charge is 0.222 e. The van der Waals surface area contributed by atoms with Crippen LogP contribution in [0.1, 0.15) is 5.76 Å². The van der Waals surface area contributed by atoms with Gasteiger partial charge in [-0.05, 0) is 0 Å². The first-order valence-corrected chi connectivity index (χ1v) is 4.17. The van der Waals surface area contributed by atoms with E-state index in [1.54, 1.807) is 6.07 Å². The average molecular weight is 209 g/mol. The van der Waals surface area contributed by atoms with Crippen LogP contribution in [0.5, 0.6) is 0 Å². The van der Waals surface area contributed by atoms with Crippen LogP contribution in [0.2, 0.25) is 0 Å². The highest BCUT2D eigenvalue weighted by molar-refractivity contribution is 5.39. The lowest BCUT2D eigenvalue weighted by Crippen LogP contribution is -2.06. The Hall–Kier alpha value is -2.18. The molecule has 0 aliphatic heterocycles. The quantitative estimate of drug-likeness (QED) is 0.777. The minimum absolute atomic E-state index is 0.0106. The van der Waals surface area contributed by atoms with Gasteiger partial charge in [0.15, 0.2) is 17.4 Å². The summed E-state index contributed by atoms with van der Waals surface area (Å²) in [6.07, 6.45) is 2.51. The molecule has 0 aliphatic rings. The van der Waals surface area contributed by atoms with Crippen molar-refractivity contribution in [2.45, 2.75) is 6.54 Å². The summed E-state index contributed by atoms with van der Waals surface area (Å²) in [5.41, 5.74) is 5.31. The predicted molar refractivity (Wildman–Crippen MR) is 50.2 cm³/mol. The van der Waals surface area contributed by atoms with E-state index in [4.69, 9.17) is 10.3 Å². The van der Waals surface area contributed by atoms with Crippen molar-refractivity contribution in [1.29, 1.82) is 0 Å². The molecule has 0 atom stereocenters. The third kappa shape index (κ3) is 2.19. The fraction of sp³-hybridized carbons (Fsp3) is 0.125. The molecule has 0 aliphatic carbocycles. The molecule has 0 radical (unpaired) electrons. The topological polar surface area (TPSA) is 89.9 Å². The molecular formula is C8H8FN5O. The maximum Gasteiger partial charge on any atom is 0.222 e. The minimum Gasteiger partial charge on any atom is -0.368 e. The zero-order valence-electron chi connectivity index (χ0n) is 7.64. The summed E-state index contributed by atoms with van der Waals surface area (Å²) in [6, 6.07) is 1.66. The lowest BCUT2D eigenvalue weighted by molar-refractivity contribution is 0.387. The first-order chi connectivity index (χ1) is 7.25. The number of nitrogen functional groups attached to an aromatic ring is 1. The van der Waals surface area contributed by atoms with Crippen LogP contribution < -0.4 is 11.1 Å². The minimum atomic E-state index is -0.566. The number of nitrogens with zero attached hydrogens (tertiary/aromatic N) is 3. The summed E-state index contributed by atoms with van der Waals surface area (Å²) in [7, 11) is 0. The molecule has 2 rings (SSSR count). The van der Waals surface area contributed by atoms with Crippen molar-refractivity contribution in [3.63, 3.8) is 0 Å². The van der Waals surface area contributed by atoms with Crippen molar-refractivity contribution >= 4 is 11.8 Å². The third-order valence-electron chi connectivity index (χ3n) is 1.68. The molecular weight excluding hydrogens is 201 g/mol. The number of halogens is 1. The number of anilines is 2. The number of aromatic nitrogens is 3. The first-order valence-electron chi connectivity index (χ1n) is 4.17.